The molecule has 8 heteroatoms. The molecular formula is C12H5Br2F4NO. The van der Waals surface area contributed by atoms with Gasteiger partial charge in [-0.05, 0) is 56.1 Å². The quantitative estimate of drug-likeness (QED) is 0.600. The van der Waals surface area contributed by atoms with Gasteiger partial charge in [-0.3, -0.25) is 0 Å². The number of nitrogens with zero attached hydrogens (tertiary/aromatic N) is 1. The number of alkyl halides is 3. The van der Waals surface area contributed by atoms with Crippen LogP contribution < -0.4 is 4.74 Å². The second kappa shape index (κ2) is 5.69. The van der Waals surface area contributed by atoms with E-state index in [2.05, 4.69) is 36.8 Å². The average molecular weight is 415 g/mol. The maximum absolute atomic E-state index is 13.1. The van der Waals surface area contributed by atoms with Crippen LogP contribution in [-0.4, -0.2) is 4.98 Å². The van der Waals surface area contributed by atoms with E-state index in [0.29, 0.717) is 0 Å². The molecule has 0 aliphatic heterocycles. The van der Waals surface area contributed by atoms with Crippen LogP contribution in [-0.2, 0) is 6.18 Å². The molecule has 2 nitrogen and oxygen atoms in total. The average Bonchev–Trinajstić information content (AvgIpc) is 2.35. The molecule has 0 spiro atoms. The molecule has 0 N–H and O–H groups in total. The van der Waals surface area contributed by atoms with Crippen molar-refractivity contribution in [2.75, 3.05) is 0 Å². The minimum atomic E-state index is -4.61. The summed E-state index contributed by atoms with van der Waals surface area (Å²) in [5.74, 6) is -1.10. The maximum Gasteiger partial charge on any atom is 0.421 e. The van der Waals surface area contributed by atoms with Crippen LogP contribution in [0.25, 0.3) is 0 Å². The van der Waals surface area contributed by atoms with E-state index in [1.54, 1.807) is 0 Å². The van der Waals surface area contributed by atoms with Crippen LogP contribution in [0.3, 0.4) is 0 Å². The summed E-state index contributed by atoms with van der Waals surface area (Å²) >= 11 is 5.84. The first-order valence-corrected chi connectivity index (χ1v) is 6.71. The fourth-order valence-electron chi connectivity index (χ4n) is 1.36. The number of rotatable bonds is 2. The van der Waals surface area contributed by atoms with E-state index in [4.69, 9.17) is 4.74 Å². The summed E-state index contributed by atoms with van der Waals surface area (Å²) in [6, 6.07) is 4.37. The lowest BCUT2D eigenvalue weighted by Gasteiger charge is -2.13. The van der Waals surface area contributed by atoms with Crippen LogP contribution in [0.5, 0.6) is 11.6 Å². The molecule has 2 aromatic rings. The molecule has 0 fully saturated rings. The van der Waals surface area contributed by atoms with Crippen molar-refractivity contribution in [1.82, 2.24) is 4.98 Å². The van der Waals surface area contributed by atoms with E-state index in [0.717, 1.165) is 12.1 Å². The van der Waals surface area contributed by atoms with E-state index in [1.165, 1.54) is 18.3 Å². The van der Waals surface area contributed by atoms with Gasteiger partial charge in [0.15, 0.2) is 0 Å². The molecule has 1 aromatic carbocycles. The molecule has 0 bridgehead atoms. The Hall–Kier alpha value is -1.15. The molecule has 1 aromatic heterocycles. The SMILES string of the molecule is Fc1ccc(Oc2ncc(Br)cc2C(F)(F)F)cc1Br. The summed E-state index contributed by atoms with van der Waals surface area (Å²) in [5.41, 5.74) is -1.02. The number of benzene rings is 1. The van der Waals surface area contributed by atoms with Crippen molar-refractivity contribution in [3.05, 3.63) is 50.8 Å². The van der Waals surface area contributed by atoms with Crippen molar-refractivity contribution in [2.45, 2.75) is 6.18 Å². The zero-order valence-corrected chi connectivity index (χ0v) is 12.7. The van der Waals surface area contributed by atoms with E-state index in [9.17, 15) is 17.6 Å². The Morgan fingerprint density at radius 3 is 2.40 bits per heavy atom. The van der Waals surface area contributed by atoms with Gasteiger partial charge in [0.25, 0.3) is 0 Å². The Morgan fingerprint density at radius 1 is 1.10 bits per heavy atom. The molecule has 0 radical (unpaired) electrons. The predicted molar refractivity (Wildman–Crippen MR) is 71.1 cm³/mol. The molecule has 0 saturated heterocycles. The molecule has 0 atom stereocenters. The molecule has 20 heavy (non-hydrogen) atoms. The molecule has 0 saturated carbocycles. The second-order valence-electron chi connectivity index (χ2n) is 3.68. The summed E-state index contributed by atoms with van der Waals surface area (Å²) in [7, 11) is 0. The van der Waals surface area contributed by atoms with Crippen molar-refractivity contribution in [3.8, 4) is 11.6 Å². The third-order valence-electron chi connectivity index (χ3n) is 2.23. The smallest absolute Gasteiger partial charge is 0.421 e. The Morgan fingerprint density at radius 2 is 1.80 bits per heavy atom. The number of ether oxygens (including phenoxy) is 1. The van der Waals surface area contributed by atoms with Crippen LogP contribution in [0.2, 0.25) is 0 Å². The number of pyridine rings is 1. The van der Waals surface area contributed by atoms with Gasteiger partial charge in [-0.2, -0.15) is 13.2 Å². The summed E-state index contributed by atoms with van der Waals surface area (Å²) in [5, 5.41) is 0. The Bertz CT molecular complexity index is 646. The Labute approximate surface area is 128 Å². The molecule has 0 aliphatic carbocycles. The first-order chi connectivity index (χ1) is 9.27. The topological polar surface area (TPSA) is 22.1 Å². The van der Waals surface area contributed by atoms with Crippen LogP contribution in [0.1, 0.15) is 5.56 Å². The first kappa shape index (κ1) is 15.2. The fourth-order valence-corrected chi connectivity index (χ4v) is 2.05. The largest absolute Gasteiger partial charge is 0.438 e. The van der Waals surface area contributed by atoms with Gasteiger partial charge >= 0.3 is 6.18 Å². The molecule has 0 unspecified atom stereocenters. The van der Waals surface area contributed by atoms with Gasteiger partial charge in [-0.15, -0.1) is 0 Å². The third-order valence-corrected chi connectivity index (χ3v) is 3.27. The van der Waals surface area contributed by atoms with Crippen molar-refractivity contribution >= 4 is 31.9 Å². The number of halogens is 6. The Balaban J connectivity index is 2.40. The van der Waals surface area contributed by atoms with Gasteiger partial charge in [0.05, 0.1) is 4.47 Å². The summed E-state index contributed by atoms with van der Waals surface area (Å²) < 4.78 is 57.0. The highest BCUT2D eigenvalue weighted by molar-refractivity contribution is 9.10. The predicted octanol–water partition coefficient (Wildman–Crippen LogP) is 5.56. The van der Waals surface area contributed by atoms with Crippen LogP contribution in [0.4, 0.5) is 17.6 Å². The number of aromatic nitrogens is 1. The zero-order valence-electron chi connectivity index (χ0n) is 9.51. The van der Waals surface area contributed by atoms with Gasteiger partial charge in [-0.1, -0.05) is 0 Å². The highest BCUT2D eigenvalue weighted by atomic mass is 79.9. The van der Waals surface area contributed by atoms with Gasteiger partial charge in [0.2, 0.25) is 5.88 Å². The number of hydrogen-bond donors (Lipinski definition) is 0. The van der Waals surface area contributed by atoms with E-state index >= 15 is 0 Å². The van der Waals surface area contributed by atoms with E-state index in [-0.39, 0.29) is 14.7 Å². The fraction of sp³-hybridized carbons (Fsp3) is 0.0833. The highest BCUT2D eigenvalue weighted by Crippen LogP contribution is 2.38. The van der Waals surface area contributed by atoms with Crippen molar-refractivity contribution in [3.63, 3.8) is 0 Å². The lowest BCUT2D eigenvalue weighted by Crippen LogP contribution is -2.08. The number of hydrogen-bond acceptors (Lipinski definition) is 2. The Kier molecular flexibility index (Phi) is 4.33. The van der Waals surface area contributed by atoms with Gasteiger partial charge in [0.1, 0.15) is 17.1 Å². The third kappa shape index (κ3) is 3.49. The lowest BCUT2D eigenvalue weighted by molar-refractivity contribution is -0.138. The van der Waals surface area contributed by atoms with E-state index < -0.39 is 23.4 Å². The molecule has 106 valence electrons. The van der Waals surface area contributed by atoms with Gasteiger partial charge in [0, 0.05) is 10.7 Å². The van der Waals surface area contributed by atoms with E-state index in [1.807, 2.05) is 0 Å². The molecule has 0 amide bonds. The molecule has 1 heterocycles. The molecular weight excluding hydrogens is 410 g/mol. The minimum Gasteiger partial charge on any atom is -0.438 e. The first-order valence-electron chi connectivity index (χ1n) is 5.13. The van der Waals surface area contributed by atoms with Gasteiger partial charge < -0.3 is 4.74 Å². The lowest BCUT2D eigenvalue weighted by atomic mass is 10.2. The summed E-state index contributed by atoms with van der Waals surface area (Å²) in [6.07, 6.45) is -3.42. The molecule has 0 aliphatic rings. The monoisotopic (exact) mass is 413 g/mol. The van der Waals surface area contributed by atoms with Gasteiger partial charge in [-0.25, -0.2) is 9.37 Å². The highest BCUT2D eigenvalue weighted by Gasteiger charge is 2.35. The van der Waals surface area contributed by atoms with Crippen LogP contribution >= 0.6 is 31.9 Å². The van der Waals surface area contributed by atoms with Crippen molar-refractivity contribution < 1.29 is 22.3 Å². The van der Waals surface area contributed by atoms with Crippen LogP contribution in [0, 0.1) is 5.82 Å². The minimum absolute atomic E-state index is 0.0404. The second-order valence-corrected chi connectivity index (χ2v) is 5.45. The van der Waals surface area contributed by atoms with Crippen LogP contribution in [0.15, 0.2) is 39.4 Å². The summed E-state index contributed by atoms with van der Waals surface area (Å²) in [6.45, 7) is 0. The summed E-state index contributed by atoms with van der Waals surface area (Å²) in [4.78, 5) is 3.59. The normalized spacial score (nSPS) is 11.5. The molecule has 2 rings (SSSR count). The van der Waals surface area contributed by atoms with Crippen molar-refractivity contribution in [1.29, 1.82) is 0 Å². The van der Waals surface area contributed by atoms with Crippen molar-refractivity contribution in [2.24, 2.45) is 0 Å². The zero-order chi connectivity index (χ0) is 14.9. The standard InChI is InChI=1S/C12H5Br2F4NO/c13-6-3-8(12(16,17)18)11(19-5-6)20-7-1-2-10(15)9(14)4-7/h1-5H. The maximum atomic E-state index is 13.1.